The van der Waals surface area contributed by atoms with Gasteiger partial charge < -0.3 is 15.0 Å². The van der Waals surface area contributed by atoms with Crippen molar-refractivity contribution in [3.63, 3.8) is 0 Å². The summed E-state index contributed by atoms with van der Waals surface area (Å²) in [5, 5.41) is 3.09. The van der Waals surface area contributed by atoms with Gasteiger partial charge in [-0.2, -0.15) is 0 Å². The zero-order valence-corrected chi connectivity index (χ0v) is 25.0. The van der Waals surface area contributed by atoms with Crippen molar-refractivity contribution < 1.29 is 22.7 Å². The quantitative estimate of drug-likeness (QED) is 0.347. The average molecular weight is 578 g/mol. The Morgan fingerprint density at radius 1 is 0.951 bits per heavy atom. The van der Waals surface area contributed by atoms with Gasteiger partial charge in [-0.3, -0.25) is 13.9 Å². The number of aryl methyl sites for hydroxylation is 2. The zero-order valence-electron chi connectivity index (χ0n) is 24.2. The van der Waals surface area contributed by atoms with Crippen molar-refractivity contribution in [2.45, 2.75) is 70.0 Å². The molecular weight excluding hydrogens is 538 g/mol. The van der Waals surface area contributed by atoms with E-state index in [-0.39, 0.29) is 23.4 Å². The van der Waals surface area contributed by atoms with Crippen LogP contribution >= 0.6 is 0 Å². The molecule has 1 aliphatic carbocycles. The molecule has 3 aromatic rings. The van der Waals surface area contributed by atoms with Crippen molar-refractivity contribution in [2.24, 2.45) is 0 Å². The first-order valence-corrected chi connectivity index (χ1v) is 15.4. The summed E-state index contributed by atoms with van der Waals surface area (Å²) < 4.78 is 34.2. The van der Waals surface area contributed by atoms with Crippen molar-refractivity contribution in [3.05, 3.63) is 89.5 Å². The summed E-state index contributed by atoms with van der Waals surface area (Å²) >= 11 is 0. The molecule has 41 heavy (non-hydrogen) atoms. The van der Waals surface area contributed by atoms with E-state index < -0.39 is 28.5 Å². The maximum Gasteiger partial charge on any atom is 0.264 e. The van der Waals surface area contributed by atoms with Crippen molar-refractivity contribution in [3.8, 4) is 5.75 Å². The van der Waals surface area contributed by atoms with E-state index in [2.05, 4.69) is 5.32 Å². The second kappa shape index (κ2) is 13.2. The van der Waals surface area contributed by atoms with Crippen LogP contribution < -0.4 is 14.4 Å². The number of nitrogens with one attached hydrogen (secondary N) is 1. The van der Waals surface area contributed by atoms with Crippen LogP contribution in [0.5, 0.6) is 5.75 Å². The van der Waals surface area contributed by atoms with Crippen molar-refractivity contribution in [1.82, 2.24) is 10.2 Å². The SMILES string of the molecule is COc1ccc(CN(C(=O)CN(c2ccc(C)c(C)c2)S(=O)(=O)c2ccccc2)[C@@H](C)C(=O)NC2CCCC2)cc1. The van der Waals surface area contributed by atoms with Gasteiger partial charge in [0, 0.05) is 12.6 Å². The predicted molar refractivity (Wildman–Crippen MR) is 160 cm³/mol. The monoisotopic (exact) mass is 577 g/mol. The molecule has 8 nitrogen and oxygen atoms in total. The average Bonchev–Trinajstić information content (AvgIpc) is 3.49. The van der Waals surface area contributed by atoms with Gasteiger partial charge in [0.15, 0.2) is 0 Å². The van der Waals surface area contributed by atoms with E-state index in [1.54, 1.807) is 56.5 Å². The molecule has 1 fully saturated rings. The lowest BCUT2D eigenvalue weighted by molar-refractivity contribution is -0.139. The lowest BCUT2D eigenvalue weighted by atomic mass is 10.1. The molecule has 0 spiro atoms. The Balaban J connectivity index is 1.69. The van der Waals surface area contributed by atoms with E-state index in [0.717, 1.165) is 46.7 Å². The zero-order chi connectivity index (χ0) is 29.6. The molecule has 0 aromatic heterocycles. The third kappa shape index (κ3) is 7.27. The molecule has 0 radical (unpaired) electrons. The van der Waals surface area contributed by atoms with Gasteiger partial charge in [-0.25, -0.2) is 8.42 Å². The summed E-state index contributed by atoms with van der Waals surface area (Å²) in [4.78, 5) is 29.0. The number of amides is 2. The maximum atomic E-state index is 14.1. The van der Waals surface area contributed by atoms with Crippen LogP contribution in [0.1, 0.15) is 49.3 Å². The Kier molecular flexibility index (Phi) is 9.70. The van der Waals surface area contributed by atoms with Crippen LogP contribution in [0.25, 0.3) is 0 Å². The summed E-state index contributed by atoms with van der Waals surface area (Å²) in [5.41, 5.74) is 3.10. The summed E-state index contributed by atoms with van der Waals surface area (Å²) in [7, 11) is -2.51. The summed E-state index contributed by atoms with van der Waals surface area (Å²) in [5.74, 6) is -0.0523. The number of carbonyl (C=O) groups excluding carboxylic acids is 2. The van der Waals surface area contributed by atoms with Gasteiger partial charge in [0.1, 0.15) is 18.3 Å². The van der Waals surface area contributed by atoms with E-state index in [0.29, 0.717) is 11.4 Å². The number of anilines is 1. The molecule has 1 atom stereocenters. The molecule has 0 aliphatic heterocycles. The van der Waals surface area contributed by atoms with Gasteiger partial charge in [-0.1, -0.05) is 49.2 Å². The fourth-order valence-electron chi connectivity index (χ4n) is 5.03. The minimum Gasteiger partial charge on any atom is -0.497 e. The normalized spacial score (nSPS) is 14.3. The second-order valence-electron chi connectivity index (χ2n) is 10.6. The fourth-order valence-corrected chi connectivity index (χ4v) is 6.46. The number of carbonyl (C=O) groups is 2. The van der Waals surface area contributed by atoms with Gasteiger partial charge in [-0.15, -0.1) is 0 Å². The summed E-state index contributed by atoms with van der Waals surface area (Å²) in [6.07, 6.45) is 3.97. The minimum atomic E-state index is -4.09. The molecule has 1 aliphatic rings. The van der Waals surface area contributed by atoms with Gasteiger partial charge in [0.05, 0.1) is 17.7 Å². The van der Waals surface area contributed by atoms with Crippen LogP contribution in [0, 0.1) is 13.8 Å². The van der Waals surface area contributed by atoms with E-state index in [4.69, 9.17) is 4.74 Å². The first-order valence-electron chi connectivity index (χ1n) is 14.0. The third-order valence-electron chi connectivity index (χ3n) is 7.77. The number of hydrogen-bond donors (Lipinski definition) is 1. The number of nitrogens with zero attached hydrogens (tertiary/aromatic N) is 2. The molecule has 0 saturated heterocycles. The van der Waals surface area contributed by atoms with Crippen LogP contribution in [0.4, 0.5) is 5.69 Å². The number of methoxy groups -OCH3 is 1. The molecule has 218 valence electrons. The molecule has 4 rings (SSSR count). The van der Waals surface area contributed by atoms with Gasteiger partial charge in [-0.05, 0) is 86.7 Å². The van der Waals surface area contributed by atoms with Gasteiger partial charge >= 0.3 is 0 Å². The largest absolute Gasteiger partial charge is 0.497 e. The Hall–Kier alpha value is -3.85. The highest BCUT2D eigenvalue weighted by atomic mass is 32.2. The maximum absolute atomic E-state index is 14.1. The molecule has 9 heteroatoms. The number of hydrogen-bond acceptors (Lipinski definition) is 5. The molecule has 0 bridgehead atoms. The highest BCUT2D eigenvalue weighted by Crippen LogP contribution is 2.27. The van der Waals surface area contributed by atoms with Crippen molar-refractivity contribution in [1.29, 1.82) is 0 Å². The number of ether oxygens (including phenoxy) is 1. The van der Waals surface area contributed by atoms with Crippen LogP contribution in [0.3, 0.4) is 0 Å². The Morgan fingerprint density at radius 2 is 1.61 bits per heavy atom. The lowest BCUT2D eigenvalue weighted by Crippen LogP contribution is -2.52. The smallest absolute Gasteiger partial charge is 0.264 e. The molecule has 1 saturated carbocycles. The lowest BCUT2D eigenvalue weighted by Gasteiger charge is -2.32. The Bertz CT molecular complexity index is 1450. The third-order valence-corrected chi connectivity index (χ3v) is 9.56. The van der Waals surface area contributed by atoms with E-state index in [1.165, 1.54) is 17.0 Å². The highest BCUT2D eigenvalue weighted by Gasteiger charge is 2.33. The van der Waals surface area contributed by atoms with Crippen LogP contribution in [-0.2, 0) is 26.2 Å². The Labute approximate surface area is 243 Å². The van der Waals surface area contributed by atoms with E-state index >= 15 is 0 Å². The second-order valence-corrected chi connectivity index (χ2v) is 12.5. The molecule has 1 N–H and O–H groups in total. The van der Waals surface area contributed by atoms with Gasteiger partial charge in [0.25, 0.3) is 10.0 Å². The number of sulfonamides is 1. The fraction of sp³-hybridized carbons (Fsp3) is 0.375. The topological polar surface area (TPSA) is 96.0 Å². The number of benzene rings is 3. The predicted octanol–water partition coefficient (Wildman–Crippen LogP) is 4.98. The minimum absolute atomic E-state index is 0.0831. The highest BCUT2D eigenvalue weighted by molar-refractivity contribution is 7.92. The number of rotatable bonds is 11. The first kappa shape index (κ1) is 30.1. The van der Waals surface area contributed by atoms with Crippen LogP contribution in [0.15, 0.2) is 77.7 Å². The van der Waals surface area contributed by atoms with Crippen LogP contribution in [0.2, 0.25) is 0 Å². The Morgan fingerprint density at radius 3 is 2.22 bits per heavy atom. The summed E-state index contributed by atoms with van der Waals surface area (Å²) in [6.45, 7) is 5.21. The standard InChI is InChI=1S/C32H39N3O5S/c1-23-14-17-28(20-24(23)2)35(41(38,39)30-12-6-5-7-13-30)22-31(36)34(21-26-15-18-29(40-4)19-16-26)25(3)32(37)33-27-10-8-9-11-27/h5-7,12-20,25,27H,8-11,21-22H2,1-4H3,(H,33,37)/t25-/m0/s1. The molecule has 0 heterocycles. The van der Waals surface area contributed by atoms with Gasteiger partial charge in [0.2, 0.25) is 11.8 Å². The first-order chi connectivity index (χ1) is 19.6. The van der Waals surface area contributed by atoms with Crippen LogP contribution in [-0.4, -0.2) is 50.9 Å². The van der Waals surface area contributed by atoms with Crippen molar-refractivity contribution in [2.75, 3.05) is 18.0 Å². The van der Waals surface area contributed by atoms with E-state index in [9.17, 15) is 18.0 Å². The molecule has 0 unspecified atom stereocenters. The summed E-state index contributed by atoms with van der Waals surface area (Å²) in [6, 6.07) is 19.9. The van der Waals surface area contributed by atoms with E-state index in [1.807, 2.05) is 32.0 Å². The van der Waals surface area contributed by atoms with Crippen molar-refractivity contribution >= 4 is 27.5 Å². The molecule has 3 aromatic carbocycles. The molecule has 2 amide bonds. The molecular formula is C32H39N3O5S.